The predicted octanol–water partition coefficient (Wildman–Crippen LogP) is 1.51. The van der Waals surface area contributed by atoms with Gasteiger partial charge in [-0.2, -0.15) is 0 Å². The molecule has 1 fully saturated rings. The average Bonchev–Trinajstić information content (AvgIpc) is 2.83. The highest BCUT2D eigenvalue weighted by atomic mass is 19.1. The molecule has 1 aliphatic heterocycles. The summed E-state index contributed by atoms with van der Waals surface area (Å²) in [6, 6.07) is 11.4. The number of ether oxygens (including phenoxy) is 2. The normalized spacial score (nSPS) is 14.0. The van der Waals surface area contributed by atoms with Crippen molar-refractivity contribution in [3.8, 4) is 11.5 Å². The zero-order valence-electron chi connectivity index (χ0n) is 18.4. The number of piperazine rings is 1. The molecule has 3 rings (SSSR count). The Morgan fingerprint density at radius 3 is 2.41 bits per heavy atom. The van der Waals surface area contributed by atoms with E-state index in [9.17, 15) is 14.0 Å². The van der Waals surface area contributed by atoms with Gasteiger partial charge in [0.05, 0.1) is 7.11 Å². The third kappa shape index (κ3) is 6.34. The third-order valence-corrected chi connectivity index (χ3v) is 5.34. The van der Waals surface area contributed by atoms with E-state index < -0.39 is 0 Å². The van der Waals surface area contributed by atoms with Crippen LogP contribution in [-0.2, 0) is 4.79 Å². The van der Waals surface area contributed by atoms with Gasteiger partial charge in [-0.15, -0.1) is 0 Å². The molecule has 2 N–H and O–H groups in total. The molecule has 2 amide bonds. The van der Waals surface area contributed by atoms with Crippen molar-refractivity contribution in [2.24, 2.45) is 0 Å². The van der Waals surface area contributed by atoms with Gasteiger partial charge >= 0.3 is 0 Å². The Kier molecular flexibility index (Phi) is 8.27. The van der Waals surface area contributed by atoms with Crippen molar-refractivity contribution in [3.05, 3.63) is 53.8 Å². The van der Waals surface area contributed by atoms with Crippen molar-refractivity contribution >= 4 is 17.5 Å². The number of carbonyl (C=O) groups excluding carboxylic acids is 2. The number of nitrogens with zero attached hydrogens (tertiary/aromatic N) is 2. The van der Waals surface area contributed by atoms with Crippen LogP contribution in [0.3, 0.4) is 0 Å². The summed E-state index contributed by atoms with van der Waals surface area (Å²) in [5, 5.41) is 5.41. The third-order valence-electron chi connectivity index (χ3n) is 5.34. The Balaban J connectivity index is 1.43. The van der Waals surface area contributed by atoms with Gasteiger partial charge in [-0.1, -0.05) is 0 Å². The number of hydrogen-bond acceptors (Lipinski definition) is 6. The number of benzene rings is 2. The van der Waals surface area contributed by atoms with E-state index in [4.69, 9.17) is 9.47 Å². The number of halogens is 1. The van der Waals surface area contributed by atoms with Gasteiger partial charge in [-0.25, -0.2) is 4.39 Å². The highest BCUT2D eigenvalue weighted by Gasteiger charge is 2.18. The summed E-state index contributed by atoms with van der Waals surface area (Å²) < 4.78 is 23.8. The van der Waals surface area contributed by atoms with Gasteiger partial charge in [0.2, 0.25) is 0 Å². The summed E-state index contributed by atoms with van der Waals surface area (Å²) in [7, 11) is 3.01. The van der Waals surface area contributed by atoms with Crippen LogP contribution in [0.1, 0.15) is 10.4 Å². The van der Waals surface area contributed by atoms with E-state index in [1.54, 1.807) is 30.3 Å². The fourth-order valence-electron chi connectivity index (χ4n) is 3.45. The summed E-state index contributed by atoms with van der Waals surface area (Å²) in [5.74, 6) is 0.0930. The van der Waals surface area contributed by atoms with Crippen LogP contribution in [0.25, 0.3) is 0 Å². The summed E-state index contributed by atoms with van der Waals surface area (Å²) in [6.45, 7) is 4.59. The van der Waals surface area contributed by atoms with E-state index in [2.05, 4.69) is 20.4 Å². The fraction of sp³-hybridized carbons (Fsp3) is 0.391. The summed E-state index contributed by atoms with van der Waals surface area (Å²) in [6.07, 6.45) is 0. The number of anilines is 1. The second-order valence-corrected chi connectivity index (χ2v) is 7.39. The molecular weight excluding hydrogens is 415 g/mol. The molecular formula is C23H29FN4O4. The smallest absolute Gasteiger partial charge is 0.257 e. The highest BCUT2D eigenvalue weighted by molar-refractivity contribution is 5.94. The lowest BCUT2D eigenvalue weighted by Crippen LogP contribution is -2.48. The van der Waals surface area contributed by atoms with Gasteiger partial charge in [0, 0.05) is 57.6 Å². The molecule has 172 valence electrons. The quantitative estimate of drug-likeness (QED) is 0.610. The van der Waals surface area contributed by atoms with E-state index in [0.29, 0.717) is 23.6 Å². The number of hydrogen-bond donors (Lipinski definition) is 2. The molecule has 0 aliphatic carbocycles. The van der Waals surface area contributed by atoms with Crippen molar-refractivity contribution in [2.45, 2.75) is 0 Å². The predicted molar refractivity (Wildman–Crippen MR) is 120 cm³/mol. The second kappa shape index (κ2) is 11.3. The molecule has 8 nitrogen and oxygen atoms in total. The van der Waals surface area contributed by atoms with Gasteiger partial charge in [0.15, 0.2) is 18.1 Å². The molecule has 2 aromatic carbocycles. The molecule has 32 heavy (non-hydrogen) atoms. The minimum absolute atomic E-state index is 0.132. The van der Waals surface area contributed by atoms with Crippen LogP contribution in [-0.4, -0.2) is 76.7 Å². The zero-order chi connectivity index (χ0) is 22.9. The number of nitrogens with one attached hydrogen (secondary N) is 2. The van der Waals surface area contributed by atoms with E-state index in [-0.39, 0.29) is 24.2 Å². The number of carbonyl (C=O) groups is 2. The molecule has 0 bridgehead atoms. The fourth-order valence-corrected chi connectivity index (χ4v) is 3.45. The van der Waals surface area contributed by atoms with Crippen molar-refractivity contribution in [3.63, 3.8) is 0 Å². The summed E-state index contributed by atoms with van der Waals surface area (Å²) in [5.41, 5.74) is 1.48. The maximum atomic E-state index is 13.1. The molecule has 9 heteroatoms. The van der Waals surface area contributed by atoms with Crippen LogP contribution < -0.4 is 25.0 Å². The Morgan fingerprint density at radius 1 is 1.03 bits per heavy atom. The van der Waals surface area contributed by atoms with Crippen LogP contribution in [0.4, 0.5) is 10.1 Å². The Bertz CT molecular complexity index is 915. The summed E-state index contributed by atoms with van der Waals surface area (Å²) in [4.78, 5) is 28.4. The van der Waals surface area contributed by atoms with E-state index in [1.165, 1.54) is 26.3 Å². The van der Waals surface area contributed by atoms with Crippen molar-refractivity contribution < 1.29 is 23.5 Å². The maximum Gasteiger partial charge on any atom is 0.257 e. The largest absolute Gasteiger partial charge is 0.493 e. The molecule has 0 radical (unpaired) electrons. The van der Waals surface area contributed by atoms with Crippen LogP contribution in [0.15, 0.2) is 42.5 Å². The zero-order valence-corrected chi connectivity index (χ0v) is 18.4. The van der Waals surface area contributed by atoms with Crippen LogP contribution >= 0.6 is 0 Å². The van der Waals surface area contributed by atoms with Gasteiger partial charge in [-0.3, -0.25) is 14.5 Å². The first-order valence-electron chi connectivity index (χ1n) is 10.5. The first-order chi connectivity index (χ1) is 15.5. The minimum Gasteiger partial charge on any atom is -0.493 e. The van der Waals surface area contributed by atoms with Crippen LogP contribution in [0.2, 0.25) is 0 Å². The number of likely N-dealkylation sites (N-methyl/N-ethyl adjacent to an activating group) is 1. The highest BCUT2D eigenvalue weighted by Crippen LogP contribution is 2.28. The summed E-state index contributed by atoms with van der Waals surface area (Å²) >= 11 is 0. The number of methoxy groups -OCH3 is 1. The Labute approximate surface area is 187 Å². The van der Waals surface area contributed by atoms with Crippen molar-refractivity contribution in [2.75, 3.05) is 64.9 Å². The van der Waals surface area contributed by atoms with Crippen molar-refractivity contribution in [1.82, 2.24) is 15.5 Å². The molecule has 0 spiro atoms. The lowest BCUT2D eigenvalue weighted by atomic mass is 10.2. The average molecular weight is 445 g/mol. The molecule has 1 heterocycles. The molecule has 1 aliphatic rings. The molecule has 0 aromatic heterocycles. The standard InChI is InChI=1S/C23H29FN4O4/c1-25-22(29)16-32-20-8-3-17(15-21(20)31-2)23(30)26-9-10-27-11-13-28(14-12-27)19-6-4-18(24)5-7-19/h3-8,15H,9-14,16H2,1-2H3,(H,25,29)(H,26,30). The molecule has 0 atom stereocenters. The first kappa shape index (κ1) is 23.3. The number of rotatable bonds is 9. The van der Waals surface area contributed by atoms with Crippen LogP contribution in [0.5, 0.6) is 11.5 Å². The first-order valence-corrected chi connectivity index (χ1v) is 10.5. The van der Waals surface area contributed by atoms with Crippen LogP contribution in [0, 0.1) is 5.82 Å². The number of amides is 2. The molecule has 1 saturated heterocycles. The molecule has 0 unspecified atom stereocenters. The monoisotopic (exact) mass is 444 g/mol. The van der Waals surface area contributed by atoms with E-state index in [0.717, 1.165) is 38.4 Å². The maximum absolute atomic E-state index is 13.1. The topological polar surface area (TPSA) is 83.1 Å². The molecule has 0 saturated carbocycles. The van der Waals surface area contributed by atoms with E-state index in [1.807, 2.05) is 0 Å². The minimum atomic E-state index is -0.257. The van der Waals surface area contributed by atoms with Gasteiger partial charge in [0.1, 0.15) is 5.82 Å². The van der Waals surface area contributed by atoms with Crippen molar-refractivity contribution in [1.29, 1.82) is 0 Å². The Morgan fingerprint density at radius 2 is 1.75 bits per heavy atom. The lowest BCUT2D eigenvalue weighted by molar-refractivity contribution is -0.122. The van der Waals surface area contributed by atoms with Gasteiger partial charge in [-0.05, 0) is 42.5 Å². The Hall–Kier alpha value is -3.33. The molecule has 2 aromatic rings. The second-order valence-electron chi connectivity index (χ2n) is 7.39. The SMILES string of the molecule is CNC(=O)COc1ccc(C(=O)NCCN2CCN(c3ccc(F)cc3)CC2)cc1OC. The van der Waals surface area contributed by atoms with Gasteiger partial charge in [0.25, 0.3) is 11.8 Å². The van der Waals surface area contributed by atoms with Gasteiger partial charge < -0.3 is 25.0 Å². The van der Waals surface area contributed by atoms with E-state index >= 15 is 0 Å². The lowest BCUT2D eigenvalue weighted by Gasteiger charge is -2.36.